The first-order valence-corrected chi connectivity index (χ1v) is 7.01. The first kappa shape index (κ1) is 12.9. The Morgan fingerprint density at radius 1 is 1.41 bits per heavy atom. The third kappa shape index (κ3) is 3.98. The molecule has 2 N–H and O–H groups in total. The minimum atomic E-state index is -0.214. The van der Waals surface area contributed by atoms with Crippen LogP contribution in [0.3, 0.4) is 0 Å². The molecule has 0 aliphatic carbocycles. The Morgan fingerprint density at radius 3 is 2.88 bits per heavy atom. The summed E-state index contributed by atoms with van der Waals surface area (Å²) in [6, 6.07) is 6.48. The van der Waals surface area contributed by atoms with Gasteiger partial charge in [-0.3, -0.25) is 0 Å². The molecule has 1 heterocycles. The molecule has 1 fully saturated rings. The van der Waals surface area contributed by atoms with E-state index < -0.39 is 0 Å². The van der Waals surface area contributed by atoms with Crippen molar-refractivity contribution in [3.63, 3.8) is 0 Å². The zero-order valence-electron chi connectivity index (χ0n) is 9.77. The summed E-state index contributed by atoms with van der Waals surface area (Å²) in [5, 5.41) is 0.642. The van der Waals surface area contributed by atoms with Crippen molar-refractivity contribution >= 4 is 11.8 Å². The second-order valence-electron chi connectivity index (χ2n) is 4.31. The standard InChI is InChI=1S/C13H18FNOS/c14-11-3-1-2-10(8-11)13(15)9-17-12-4-6-16-7-5-12/h1-3,8,12-13H,4-7,9,15H2. The topological polar surface area (TPSA) is 35.2 Å². The van der Waals surface area contributed by atoms with Crippen molar-refractivity contribution in [2.45, 2.75) is 24.1 Å². The van der Waals surface area contributed by atoms with Crippen LogP contribution in [0.4, 0.5) is 4.39 Å². The highest BCUT2D eigenvalue weighted by Crippen LogP contribution is 2.26. The number of hydrogen-bond donors (Lipinski definition) is 1. The van der Waals surface area contributed by atoms with Crippen LogP contribution in [0.5, 0.6) is 0 Å². The second kappa shape index (κ2) is 6.38. The zero-order chi connectivity index (χ0) is 12.1. The Kier molecular flexibility index (Phi) is 4.83. The van der Waals surface area contributed by atoms with E-state index in [1.165, 1.54) is 12.1 Å². The van der Waals surface area contributed by atoms with Gasteiger partial charge in [0, 0.05) is 30.3 Å². The molecule has 0 saturated carbocycles. The van der Waals surface area contributed by atoms with Crippen LogP contribution in [0.25, 0.3) is 0 Å². The summed E-state index contributed by atoms with van der Waals surface area (Å²) < 4.78 is 18.4. The Bertz CT molecular complexity index is 355. The molecule has 0 aromatic heterocycles. The number of nitrogens with two attached hydrogens (primary N) is 1. The van der Waals surface area contributed by atoms with Gasteiger partial charge in [0.15, 0.2) is 0 Å². The molecule has 2 rings (SSSR count). The van der Waals surface area contributed by atoms with E-state index in [-0.39, 0.29) is 11.9 Å². The van der Waals surface area contributed by atoms with Gasteiger partial charge in [0.25, 0.3) is 0 Å². The van der Waals surface area contributed by atoms with Crippen LogP contribution >= 0.6 is 11.8 Å². The summed E-state index contributed by atoms with van der Waals surface area (Å²) in [5.41, 5.74) is 6.94. The summed E-state index contributed by atoms with van der Waals surface area (Å²) in [6.45, 7) is 1.71. The summed E-state index contributed by atoms with van der Waals surface area (Å²) in [6.07, 6.45) is 2.20. The highest BCUT2D eigenvalue weighted by atomic mass is 32.2. The monoisotopic (exact) mass is 255 g/mol. The minimum Gasteiger partial charge on any atom is -0.381 e. The fourth-order valence-electron chi connectivity index (χ4n) is 1.92. The molecular formula is C13H18FNOS. The lowest BCUT2D eigenvalue weighted by atomic mass is 10.1. The van der Waals surface area contributed by atoms with E-state index in [1.54, 1.807) is 6.07 Å². The smallest absolute Gasteiger partial charge is 0.123 e. The Balaban J connectivity index is 1.82. The van der Waals surface area contributed by atoms with E-state index in [0.29, 0.717) is 5.25 Å². The van der Waals surface area contributed by atoms with Crippen LogP contribution < -0.4 is 5.73 Å². The van der Waals surface area contributed by atoms with Crippen LogP contribution in [0, 0.1) is 5.82 Å². The number of benzene rings is 1. The van der Waals surface area contributed by atoms with Gasteiger partial charge in [-0.2, -0.15) is 11.8 Å². The van der Waals surface area contributed by atoms with Crippen LogP contribution in [-0.4, -0.2) is 24.2 Å². The lowest BCUT2D eigenvalue weighted by Crippen LogP contribution is -2.21. The van der Waals surface area contributed by atoms with Gasteiger partial charge in [-0.1, -0.05) is 12.1 Å². The van der Waals surface area contributed by atoms with Crippen molar-refractivity contribution in [2.75, 3.05) is 19.0 Å². The van der Waals surface area contributed by atoms with Gasteiger partial charge in [-0.05, 0) is 30.5 Å². The maximum absolute atomic E-state index is 13.0. The van der Waals surface area contributed by atoms with Crippen molar-refractivity contribution < 1.29 is 9.13 Å². The molecule has 1 aliphatic rings. The molecule has 1 aromatic carbocycles. The molecule has 1 atom stereocenters. The molecule has 0 radical (unpaired) electrons. The quantitative estimate of drug-likeness (QED) is 0.898. The predicted molar refractivity (Wildman–Crippen MR) is 69.6 cm³/mol. The van der Waals surface area contributed by atoms with E-state index in [1.807, 2.05) is 17.8 Å². The molecule has 1 unspecified atom stereocenters. The fraction of sp³-hybridized carbons (Fsp3) is 0.538. The Labute approximate surface area is 106 Å². The van der Waals surface area contributed by atoms with Crippen LogP contribution in [0.15, 0.2) is 24.3 Å². The molecule has 4 heteroatoms. The highest BCUT2D eigenvalue weighted by Gasteiger charge is 2.16. The second-order valence-corrected chi connectivity index (χ2v) is 5.64. The van der Waals surface area contributed by atoms with Gasteiger partial charge in [-0.15, -0.1) is 0 Å². The molecule has 0 amide bonds. The number of hydrogen-bond acceptors (Lipinski definition) is 3. The van der Waals surface area contributed by atoms with Crippen LogP contribution in [0.1, 0.15) is 24.4 Å². The van der Waals surface area contributed by atoms with Gasteiger partial charge < -0.3 is 10.5 Å². The molecule has 2 nitrogen and oxygen atoms in total. The first-order valence-electron chi connectivity index (χ1n) is 5.96. The normalized spacial score (nSPS) is 19.2. The Hall–Kier alpha value is -0.580. The molecule has 1 saturated heterocycles. The van der Waals surface area contributed by atoms with Crippen molar-refractivity contribution in [3.05, 3.63) is 35.6 Å². The molecule has 0 bridgehead atoms. The molecule has 1 aliphatic heterocycles. The van der Waals surface area contributed by atoms with Crippen molar-refractivity contribution in [1.29, 1.82) is 0 Å². The highest BCUT2D eigenvalue weighted by molar-refractivity contribution is 7.99. The van der Waals surface area contributed by atoms with Crippen molar-refractivity contribution in [3.8, 4) is 0 Å². The average Bonchev–Trinajstić information content (AvgIpc) is 2.37. The average molecular weight is 255 g/mol. The van der Waals surface area contributed by atoms with Gasteiger partial charge in [0.2, 0.25) is 0 Å². The summed E-state index contributed by atoms with van der Waals surface area (Å²) in [7, 11) is 0. The first-order chi connectivity index (χ1) is 8.25. The van der Waals surface area contributed by atoms with Crippen LogP contribution in [0.2, 0.25) is 0 Å². The van der Waals surface area contributed by atoms with E-state index in [2.05, 4.69) is 0 Å². The van der Waals surface area contributed by atoms with E-state index >= 15 is 0 Å². The lowest BCUT2D eigenvalue weighted by molar-refractivity contribution is 0.1000. The van der Waals surface area contributed by atoms with Crippen molar-refractivity contribution in [1.82, 2.24) is 0 Å². The predicted octanol–water partition coefficient (Wildman–Crippen LogP) is 2.74. The van der Waals surface area contributed by atoms with Gasteiger partial charge in [0.05, 0.1) is 0 Å². The summed E-state index contributed by atoms with van der Waals surface area (Å²) >= 11 is 1.88. The number of ether oxygens (including phenoxy) is 1. The van der Waals surface area contributed by atoms with E-state index in [9.17, 15) is 4.39 Å². The maximum atomic E-state index is 13.0. The third-order valence-electron chi connectivity index (χ3n) is 2.96. The van der Waals surface area contributed by atoms with Crippen molar-refractivity contribution in [2.24, 2.45) is 5.73 Å². The number of halogens is 1. The van der Waals surface area contributed by atoms with E-state index in [0.717, 1.165) is 37.4 Å². The zero-order valence-corrected chi connectivity index (χ0v) is 10.6. The van der Waals surface area contributed by atoms with E-state index in [4.69, 9.17) is 10.5 Å². The third-order valence-corrected chi connectivity index (χ3v) is 4.45. The molecule has 94 valence electrons. The summed E-state index contributed by atoms with van der Waals surface area (Å²) in [4.78, 5) is 0. The molecular weight excluding hydrogens is 237 g/mol. The van der Waals surface area contributed by atoms with Crippen LogP contribution in [-0.2, 0) is 4.74 Å². The van der Waals surface area contributed by atoms with Gasteiger partial charge in [0.1, 0.15) is 5.82 Å². The number of rotatable bonds is 4. The summed E-state index contributed by atoms with van der Waals surface area (Å²) in [5.74, 6) is 0.628. The largest absolute Gasteiger partial charge is 0.381 e. The SMILES string of the molecule is NC(CSC1CCOCC1)c1cccc(F)c1. The molecule has 1 aromatic rings. The van der Waals surface area contributed by atoms with Gasteiger partial charge in [-0.25, -0.2) is 4.39 Å². The molecule has 0 spiro atoms. The number of thioether (sulfide) groups is 1. The van der Waals surface area contributed by atoms with Gasteiger partial charge >= 0.3 is 0 Å². The maximum Gasteiger partial charge on any atom is 0.123 e. The minimum absolute atomic E-state index is 0.0847. The lowest BCUT2D eigenvalue weighted by Gasteiger charge is -2.23. The Morgan fingerprint density at radius 2 is 2.18 bits per heavy atom. The molecule has 17 heavy (non-hydrogen) atoms. The fourth-order valence-corrected chi connectivity index (χ4v) is 3.11.